The van der Waals surface area contributed by atoms with Crippen LogP contribution < -0.4 is 0 Å². The molecule has 0 bridgehead atoms. The minimum atomic E-state index is -0.426. The Hall–Kier alpha value is -1.84. The van der Waals surface area contributed by atoms with Crippen molar-refractivity contribution in [2.75, 3.05) is 0 Å². The first kappa shape index (κ1) is 15.5. The Morgan fingerprint density at radius 2 is 2.10 bits per heavy atom. The van der Waals surface area contributed by atoms with Crippen LogP contribution in [0.4, 0.5) is 0 Å². The Morgan fingerprint density at radius 3 is 2.57 bits per heavy atom. The lowest BCUT2D eigenvalue weighted by Gasteiger charge is -2.48. The van der Waals surface area contributed by atoms with E-state index in [0.29, 0.717) is 12.0 Å². The molecule has 114 valence electrons. The average Bonchev–Trinajstić information content (AvgIpc) is 2.64. The third kappa shape index (κ3) is 2.43. The van der Waals surface area contributed by atoms with E-state index in [-0.39, 0.29) is 23.2 Å². The molecule has 0 unspecified atom stereocenters. The van der Waals surface area contributed by atoms with Crippen molar-refractivity contribution >= 4 is 11.9 Å². The molecule has 4 nitrogen and oxygen atoms in total. The molecular weight excluding hydrogens is 268 g/mol. The highest BCUT2D eigenvalue weighted by atomic mass is 16.6. The fraction of sp³-hybridized carbons (Fsp3) is 0.529. The second kappa shape index (κ2) is 5.17. The molecule has 2 rings (SSSR count). The van der Waals surface area contributed by atoms with Crippen molar-refractivity contribution in [1.29, 1.82) is 0 Å². The Bertz CT molecular complexity index is 533. The number of rotatable bonds is 3. The van der Waals surface area contributed by atoms with Crippen LogP contribution in [0, 0.1) is 17.3 Å². The molecule has 0 aromatic rings. The van der Waals surface area contributed by atoms with E-state index in [2.05, 4.69) is 19.7 Å². The highest BCUT2D eigenvalue weighted by molar-refractivity contribution is 5.91. The highest BCUT2D eigenvalue weighted by Crippen LogP contribution is 2.53. The van der Waals surface area contributed by atoms with Gasteiger partial charge in [-0.25, -0.2) is 4.79 Å². The first-order chi connectivity index (χ1) is 9.71. The molecule has 0 spiro atoms. The van der Waals surface area contributed by atoms with Gasteiger partial charge in [-0.05, 0) is 18.8 Å². The highest BCUT2D eigenvalue weighted by Gasteiger charge is 2.57. The summed E-state index contributed by atoms with van der Waals surface area (Å²) in [7, 11) is 0. The SMILES string of the molecule is C=C[C@]1(C)C[C@@H](OC(C)=O)[C@H]2C(=C)C(=O)O[C@@H]2[C@@H]1C(=C)C. The number of ether oxygens (including phenoxy) is 2. The van der Waals surface area contributed by atoms with Gasteiger partial charge >= 0.3 is 11.9 Å². The van der Waals surface area contributed by atoms with Gasteiger partial charge in [-0.3, -0.25) is 4.79 Å². The molecule has 4 heteroatoms. The number of esters is 2. The summed E-state index contributed by atoms with van der Waals surface area (Å²) in [5, 5.41) is 0. The second-order valence-corrected chi connectivity index (χ2v) is 6.31. The fourth-order valence-electron chi connectivity index (χ4n) is 3.76. The van der Waals surface area contributed by atoms with Gasteiger partial charge in [0, 0.05) is 18.4 Å². The summed E-state index contributed by atoms with van der Waals surface area (Å²) in [5.41, 5.74) is 0.956. The molecule has 5 atom stereocenters. The van der Waals surface area contributed by atoms with Gasteiger partial charge in [-0.1, -0.05) is 31.7 Å². The molecule has 2 fully saturated rings. The topological polar surface area (TPSA) is 52.6 Å². The van der Waals surface area contributed by atoms with E-state index >= 15 is 0 Å². The second-order valence-electron chi connectivity index (χ2n) is 6.31. The van der Waals surface area contributed by atoms with Crippen molar-refractivity contribution in [3.8, 4) is 0 Å². The molecule has 0 amide bonds. The Kier molecular flexibility index (Phi) is 3.83. The smallest absolute Gasteiger partial charge is 0.334 e. The van der Waals surface area contributed by atoms with E-state index in [1.807, 2.05) is 19.9 Å². The lowest BCUT2D eigenvalue weighted by Crippen LogP contribution is -2.51. The van der Waals surface area contributed by atoms with Crippen LogP contribution in [0.1, 0.15) is 27.2 Å². The van der Waals surface area contributed by atoms with E-state index < -0.39 is 18.2 Å². The van der Waals surface area contributed by atoms with Crippen LogP contribution in [0.2, 0.25) is 0 Å². The van der Waals surface area contributed by atoms with Crippen molar-refractivity contribution in [3.05, 3.63) is 37.0 Å². The minimum Gasteiger partial charge on any atom is -0.462 e. The summed E-state index contributed by atoms with van der Waals surface area (Å²) >= 11 is 0. The number of hydrogen-bond acceptors (Lipinski definition) is 4. The largest absolute Gasteiger partial charge is 0.462 e. The monoisotopic (exact) mass is 290 g/mol. The predicted molar refractivity (Wildman–Crippen MR) is 79.3 cm³/mol. The molecule has 0 radical (unpaired) electrons. The molecule has 0 aromatic heterocycles. The first-order valence-corrected chi connectivity index (χ1v) is 7.07. The number of allylic oxidation sites excluding steroid dienone is 1. The van der Waals surface area contributed by atoms with Crippen molar-refractivity contribution in [3.63, 3.8) is 0 Å². The number of hydrogen-bond donors (Lipinski definition) is 0. The number of carbonyl (C=O) groups excluding carboxylic acids is 2. The van der Waals surface area contributed by atoms with Gasteiger partial charge in [0.1, 0.15) is 12.2 Å². The van der Waals surface area contributed by atoms with Crippen LogP contribution in [0.3, 0.4) is 0 Å². The quantitative estimate of drug-likeness (QED) is 0.455. The summed E-state index contributed by atoms with van der Waals surface area (Å²) in [4.78, 5) is 23.3. The van der Waals surface area contributed by atoms with Crippen molar-refractivity contribution in [1.82, 2.24) is 0 Å². The average molecular weight is 290 g/mol. The van der Waals surface area contributed by atoms with Crippen molar-refractivity contribution in [2.45, 2.75) is 39.4 Å². The third-order valence-corrected chi connectivity index (χ3v) is 4.66. The predicted octanol–water partition coefficient (Wildman–Crippen LogP) is 2.80. The molecule has 0 N–H and O–H groups in total. The first-order valence-electron chi connectivity index (χ1n) is 7.07. The maximum absolute atomic E-state index is 11.9. The molecule has 1 aliphatic heterocycles. The fourth-order valence-corrected chi connectivity index (χ4v) is 3.76. The van der Waals surface area contributed by atoms with Gasteiger partial charge in [0.05, 0.1) is 5.92 Å². The zero-order valence-corrected chi connectivity index (χ0v) is 12.8. The van der Waals surface area contributed by atoms with Crippen molar-refractivity contribution in [2.24, 2.45) is 17.3 Å². The standard InChI is InChI=1S/C17H22O4/c1-7-17(6)8-12(20-11(5)18)13-10(4)16(19)21-15(13)14(17)9(2)3/h7,12-15H,1-2,4,8H2,3,5-6H3/t12-,13-,14+,15+,17-/m1/s1. The molecule has 0 aromatic carbocycles. The maximum atomic E-state index is 11.9. The van der Waals surface area contributed by atoms with Gasteiger partial charge < -0.3 is 9.47 Å². The van der Waals surface area contributed by atoms with E-state index in [9.17, 15) is 9.59 Å². The van der Waals surface area contributed by atoms with Crippen LogP contribution in [0.25, 0.3) is 0 Å². The van der Waals surface area contributed by atoms with E-state index in [1.54, 1.807) is 0 Å². The van der Waals surface area contributed by atoms with E-state index in [1.165, 1.54) is 6.92 Å². The molecule has 1 saturated carbocycles. The van der Waals surface area contributed by atoms with Gasteiger partial charge in [-0.15, -0.1) is 6.58 Å². The Labute approximate surface area is 125 Å². The molecule has 1 heterocycles. The van der Waals surface area contributed by atoms with E-state index in [0.717, 1.165) is 5.57 Å². The van der Waals surface area contributed by atoms with Crippen LogP contribution in [-0.2, 0) is 19.1 Å². The summed E-state index contributed by atoms with van der Waals surface area (Å²) in [6, 6.07) is 0. The molecule has 21 heavy (non-hydrogen) atoms. The van der Waals surface area contributed by atoms with Crippen LogP contribution in [0.15, 0.2) is 37.0 Å². The molecule has 1 saturated heterocycles. The van der Waals surface area contributed by atoms with Crippen molar-refractivity contribution < 1.29 is 19.1 Å². The van der Waals surface area contributed by atoms with Gasteiger partial charge in [-0.2, -0.15) is 0 Å². The lowest BCUT2D eigenvalue weighted by molar-refractivity contribution is -0.160. The van der Waals surface area contributed by atoms with Gasteiger partial charge in [0.15, 0.2) is 0 Å². The summed E-state index contributed by atoms with van der Waals surface area (Å²) in [6.07, 6.45) is 1.59. The molecule has 2 aliphatic rings. The Morgan fingerprint density at radius 1 is 1.48 bits per heavy atom. The van der Waals surface area contributed by atoms with E-state index in [4.69, 9.17) is 9.47 Å². The summed E-state index contributed by atoms with van der Waals surface area (Å²) < 4.78 is 11.0. The van der Waals surface area contributed by atoms with Gasteiger partial charge in [0.25, 0.3) is 0 Å². The van der Waals surface area contributed by atoms with Gasteiger partial charge in [0.2, 0.25) is 0 Å². The minimum absolute atomic E-state index is 0.0602. The summed E-state index contributed by atoms with van der Waals surface area (Å²) in [5.74, 6) is -1.15. The van der Waals surface area contributed by atoms with Crippen LogP contribution >= 0.6 is 0 Å². The molecular formula is C17H22O4. The third-order valence-electron chi connectivity index (χ3n) is 4.66. The maximum Gasteiger partial charge on any atom is 0.334 e. The number of carbonyl (C=O) groups is 2. The molecule has 1 aliphatic carbocycles. The lowest BCUT2D eigenvalue weighted by atomic mass is 9.59. The normalized spacial score (nSPS) is 38.4. The van der Waals surface area contributed by atoms with Crippen LogP contribution in [-0.4, -0.2) is 24.1 Å². The zero-order valence-electron chi connectivity index (χ0n) is 12.8. The number of fused-ring (bicyclic) bond motifs is 1. The van der Waals surface area contributed by atoms with Crippen LogP contribution in [0.5, 0.6) is 0 Å². The zero-order chi connectivity index (χ0) is 15.9. The summed E-state index contributed by atoms with van der Waals surface area (Å²) in [6.45, 7) is 17.1. The Balaban J connectivity index is 2.48.